The molecule has 0 aromatic carbocycles. The summed E-state index contributed by atoms with van der Waals surface area (Å²) in [5.74, 6) is -1.39. The molecule has 0 unspecified atom stereocenters. The molecule has 0 saturated heterocycles. The molecule has 2 rings (SSSR count). The summed E-state index contributed by atoms with van der Waals surface area (Å²) >= 11 is 6.58. The Balaban J connectivity index is 1.95. The highest BCUT2D eigenvalue weighted by Gasteiger charge is 2.31. The van der Waals surface area contributed by atoms with Gasteiger partial charge in [-0.25, -0.2) is 4.98 Å². The smallest absolute Gasteiger partial charge is 0.347 e. The zero-order valence-electron chi connectivity index (χ0n) is 12.2. The normalized spacial score (nSPS) is 11.4. The number of halogens is 4. The molecule has 128 valence electrons. The highest BCUT2D eigenvalue weighted by molar-refractivity contribution is 8.00. The molecule has 2 amide bonds. The summed E-state index contributed by atoms with van der Waals surface area (Å²) in [6, 6.07) is 3.94. The van der Waals surface area contributed by atoms with Crippen LogP contribution in [0.15, 0.2) is 35.6 Å². The molecule has 2 aromatic heterocycles. The lowest BCUT2D eigenvalue weighted by Gasteiger charge is -2.09. The van der Waals surface area contributed by atoms with Crippen LogP contribution in [0.4, 0.5) is 13.2 Å². The van der Waals surface area contributed by atoms with Crippen molar-refractivity contribution in [1.29, 1.82) is 0 Å². The van der Waals surface area contributed by atoms with Crippen molar-refractivity contribution < 1.29 is 22.8 Å². The number of aryl methyl sites for hydroxylation is 1. The van der Waals surface area contributed by atoms with Gasteiger partial charge < -0.3 is 4.57 Å². The number of aromatic nitrogens is 2. The Kier molecular flexibility index (Phi) is 5.55. The Hall–Kier alpha value is -2.00. The van der Waals surface area contributed by atoms with Gasteiger partial charge in [-0.1, -0.05) is 23.4 Å². The van der Waals surface area contributed by atoms with Crippen molar-refractivity contribution in [3.8, 4) is 0 Å². The molecular weight excluding hydrogens is 367 g/mol. The zero-order valence-corrected chi connectivity index (χ0v) is 13.8. The van der Waals surface area contributed by atoms with Gasteiger partial charge in [-0.15, -0.1) is 0 Å². The summed E-state index contributed by atoms with van der Waals surface area (Å²) in [6.45, 7) is 0. The van der Waals surface area contributed by atoms with Crippen molar-refractivity contribution in [2.24, 2.45) is 7.05 Å². The number of nitrogens with zero attached hydrogens (tertiary/aromatic N) is 2. The number of alkyl halides is 3. The number of nitrogens with one attached hydrogen (secondary N) is 1. The molecule has 0 aliphatic rings. The van der Waals surface area contributed by atoms with E-state index in [9.17, 15) is 22.8 Å². The van der Waals surface area contributed by atoms with Gasteiger partial charge >= 0.3 is 6.18 Å². The van der Waals surface area contributed by atoms with Crippen molar-refractivity contribution in [3.63, 3.8) is 0 Å². The van der Waals surface area contributed by atoms with Crippen LogP contribution in [-0.4, -0.2) is 27.1 Å². The summed E-state index contributed by atoms with van der Waals surface area (Å²) in [5.41, 5.74) is -0.667. The molecule has 0 aliphatic heterocycles. The summed E-state index contributed by atoms with van der Waals surface area (Å²) in [4.78, 5) is 27.2. The molecule has 2 aromatic rings. The zero-order chi connectivity index (χ0) is 17.9. The van der Waals surface area contributed by atoms with Crippen molar-refractivity contribution in [1.82, 2.24) is 14.9 Å². The molecule has 5 nitrogen and oxygen atoms in total. The second-order valence-electron chi connectivity index (χ2n) is 4.68. The van der Waals surface area contributed by atoms with Crippen LogP contribution in [0.5, 0.6) is 0 Å². The van der Waals surface area contributed by atoms with Gasteiger partial charge in [-0.3, -0.25) is 14.9 Å². The van der Waals surface area contributed by atoms with E-state index in [1.165, 1.54) is 0 Å². The lowest BCUT2D eigenvalue weighted by atomic mass is 10.3. The van der Waals surface area contributed by atoms with Gasteiger partial charge in [-0.05, 0) is 18.2 Å². The van der Waals surface area contributed by atoms with E-state index in [-0.39, 0.29) is 15.8 Å². The van der Waals surface area contributed by atoms with Crippen LogP contribution in [0.3, 0.4) is 0 Å². The topological polar surface area (TPSA) is 64.0 Å². The molecular formula is C14H11ClF3N3O2S. The van der Waals surface area contributed by atoms with Crippen molar-refractivity contribution in [2.45, 2.75) is 11.2 Å². The fourth-order valence-corrected chi connectivity index (χ4v) is 2.74. The van der Waals surface area contributed by atoms with Crippen molar-refractivity contribution in [2.75, 3.05) is 5.75 Å². The molecule has 0 atom stereocenters. The molecule has 0 radical (unpaired) electrons. The molecule has 10 heteroatoms. The maximum absolute atomic E-state index is 12.5. The quantitative estimate of drug-likeness (QED) is 0.831. The largest absolute Gasteiger partial charge is 0.417 e. The first-order valence-electron chi connectivity index (χ1n) is 6.49. The lowest BCUT2D eigenvalue weighted by Crippen LogP contribution is -2.33. The summed E-state index contributed by atoms with van der Waals surface area (Å²) in [7, 11) is 1.65. The molecule has 24 heavy (non-hydrogen) atoms. The number of carbonyl (C=O) groups is 2. The van der Waals surface area contributed by atoms with Gasteiger partial charge in [0.2, 0.25) is 5.91 Å². The van der Waals surface area contributed by atoms with Gasteiger partial charge in [0.05, 0.1) is 16.3 Å². The number of hydrogen-bond donors (Lipinski definition) is 1. The monoisotopic (exact) mass is 377 g/mol. The van der Waals surface area contributed by atoms with Crippen LogP contribution in [0.25, 0.3) is 0 Å². The Labute approximate surface area is 144 Å². The highest BCUT2D eigenvalue weighted by Crippen LogP contribution is 2.33. The fraction of sp³-hybridized carbons (Fsp3) is 0.214. The third kappa shape index (κ3) is 4.51. The Morgan fingerprint density at radius 2 is 2.12 bits per heavy atom. The molecule has 0 aliphatic carbocycles. The number of pyridine rings is 1. The van der Waals surface area contributed by atoms with Crippen LogP contribution in [0.1, 0.15) is 16.1 Å². The number of amides is 2. The minimum atomic E-state index is -4.54. The van der Waals surface area contributed by atoms with E-state index in [2.05, 4.69) is 10.3 Å². The van der Waals surface area contributed by atoms with E-state index in [1.807, 2.05) is 0 Å². The average Bonchev–Trinajstić information content (AvgIpc) is 2.91. The molecule has 0 spiro atoms. The van der Waals surface area contributed by atoms with Crippen LogP contribution >= 0.6 is 23.4 Å². The Morgan fingerprint density at radius 1 is 1.42 bits per heavy atom. The second kappa shape index (κ2) is 7.27. The third-order valence-corrected chi connectivity index (χ3v) is 4.31. The minimum Gasteiger partial charge on any atom is -0.347 e. The molecule has 0 fully saturated rings. The van der Waals surface area contributed by atoms with Gasteiger partial charge in [0.15, 0.2) is 0 Å². The first kappa shape index (κ1) is 18.3. The number of carbonyl (C=O) groups excluding carboxylic acids is 2. The minimum absolute atomic E-state index is 0.0751. The number of imide groups is 1. The number of hydrogen-bond acceptors (Lipinski definition) is 4. The maximum atomic E-state index is 12.5. The van der Waals surface area contributed by atoms with E-state index < -0.39 is 23.6 Å². The van der Waals surface area contributed by atoms with Gasteiger partial charge in [0, 0.05) is 19.4 Å². The van der Waals surface area contributed by atoms with Crippen molar-refractivity contribution in [3.05, 3.63) is 46.9 Å². The fourth-order valence-electron chi connectivity index (χ4n) is 1.74. The molecule has 0 bridgehead atoms. The Morgan fingerprint density at radius 3 is 2.67 bits per heavy atom. The summed E-state index contributed by atoms with van der Waals surface area (Å²) < 4.78 is 39.1. The van der Waals surface area contributed by atoms with E-state index in [0.717, 1.165) is 17.8 Å². The first-order valence-corrected chi connectivity index (χ1v) is 7.86. The average molecular weight is 378 g/mol. The summed E-state index contributed by atoms with van der Waals surface area (Å²) in [6.07, 6.45) is -2.25. The van der Waals surface area contributed by atoms with Gasteiger partial charge in [0.1, 0.15) is 10.7 Å². The van der Waals surface area contributed by atoms with Crippen LogP contribution in [0.2, 0.25) is 5.02 Å². The second-order valence-corrected chi connectivity index (χ2v) is 6.05. The van der Waals surface area contributed by atoms with Crippen LogP contribution in [-0.2, 0) is 18.0 Å². The molecule has 1 N–H and O–H groups in total. The predicted molar refractivity (Wildman–Crippen MR) is 82.9 cm³/mol. The van der Waals surface area contributed by atoms with Gasteiger partial charge in [0.25, 0.3) is 5.91 Å². The van der Waals surface area contributed by atoms with Crippen LogP contribution in [0, 0.1) is 0 Å². The van der Waals surface area contributed by atoms with Crippen LogP contribution < -0.4 is 5.32 Å². The molecule has 2 heterocycles. The predicted octanol–water partition coefficient (Wildman–Crippen LogP) is 3.14. The number of rotatable bonds is 4. The lowest BCUT2D eigenvalue weighted by molar-refractivity contribution is -0.137. The van der Waals surface area contributed by atoms with Crippen molar-refractivity contribution >= 4 is 35.2 Å². The van der Waals surface area contributed by atoms with Gasteiger partial charge in [-0.2, -0.15) is 13.2 Å². The van der Waals surface area contributed by atoms with E-state index in [1.54, 1.807) is 29.9 Å². The third-order valence-electron chi connectivity index (χ3n) is 2.90. The number of thioether (sulfide) groups is 1. The van der Waals surface area contributed by atoms with E-state index >= 15 is 0 Å². The Bertz CT molecular complexity index is 777. The first-order chi connectivity index (χ1) is 11.2. The van der Waals surface area contributed by atoms with E-state index in [4.69, 9.17) is 11.6 Å². The highest BCUT2D eigenvalue weighted by atomic mass is 35.5. The SMILES string of the molecule is Cn1cccc1C(=O)NC(=O)CSc1ncc(C(F)(F)F)cc1Cl. The summed E-state index contributed by atoms with van der Waals surface area (Å²) in [5, 5.41) is 2.04. The standard InChI is InChI=1S/C14H11ClF3N3O2S/c1-21-4-2-3-10(21)12(23)20-11(22)7-24-13-9(15)5-8(6-19-13)14(16,17)18/h2-6H,7H2,1H3,(H,20,22,23). The van der Waals surface area contributed by atoms with E-state index in [0.29, 0.717) is 11.9 Å². The maximum Gasteiger partial charge on any atom is 0.417 e. The molecule has 0 saturated carbocycles.